The van der Waals surface area contributed by atoms with Crippen molar-refractivity contribution in [1.29, 1.82) is 0 Å². The van der Waals surface area contributed by atoms with Gasteiger partial charge in [-0.05, 0) is 56.9 Å². The molecule has 0 atom stereocenters. The number of rotatable bonds is 7. The Hall–Kier alpha value is -3.20. The third kappa shape index (κ3) is 5.24. The lowest BCUT2D eigenvalue weighted by Crippen LogP contribution is -2.41. The van der Waals surface area contributed by atoms with E-state index in [9.17, 15) is 14.7 Å². The fourth-order valence-electron chi connectivity index (χ4n) is 4.15. The molecule has 2 amide bonds. The third-order valence-electron chi connectivity index (χ3n) is 6.16. The van der Waals surface area contributed by atoms with Crippen molar-refractivity contribution in [3.8, 4) is 5.75 Å². The van der Waals surface area contributed by atoms with Crippen LogP contribution in [-0.4, -0.2) is 53.1 Å². The Morgan fingerprint density at radius 3 is 2.67 bits per heavy atom. The Labute approximate surface area is 197 Å². The SMILES string of the molecule is Cc1sc2ncnc(N3CCC(C(=O)NCCCNC(=O)c4cccc(O)c4)CC3)c2c1C. The molecule has 3 heterocycles. The molecule has 0 saturated carbocycles. The normalized spacial score (nSPS) is 14.4. The number of phenolic OH excluding ortho intramolecular Hbond substituents is 1. The number of phenols is 1. The van der Waals surface area contributed by atoms with Crippen LogP contribution in [0.25, 0.3) is 10.2 Å². The Morgan fingerprint density at radius 2 is 1.91 bits per heavy atom. The molecule has 3 N–H and O–H groups in total. The summed E-state index contributed by atoms with van der Waals surface area (Å²) in [6.45, 7) is 6.78. The fraction of sp³-hybridized carbons (Fsp3) is 0.417. The topological polar surface area (TPSA) is 107 Å². The first-order valence-electron chi connectivity index (χ1n) is 11.2. The van der Waals surface area contributed by atoms with E-state index in [0.29, 0.717) is 25.1 Å². The maximum Gasteiger partial charge on any atom is 0.251 e. The summed E-state index contributed by atoms with van der Waals surface area (Å²) in [4.78, 5) is 38.2. The molecular weight excluding hydrogens is 438 g/mol. The Balaban J connectivity index is 1.21. The number of anilines is 1. The van der Waals surface area contributed by atoms with Gasteiger partial charge in [-0.25, -0.2) is 9.97 Å². The largest absolute Gasteiger partial charge is 0.508 e. The molecule has 1 aliphatic rings. The van der Waals surface area contributed by atoms with E-state index in [2.05, 4.69) is 39.3 Å². The third-order valence-corrected chi connectivity index (χ3v) is 7.27. The number of nitrogens with one attached hydrogen (secondary N) is 2. The van der Waals surface area contributed by atoms with Crippen LogP contribution < -0.4 is 15.5 Å². The maximum atomic E-state index is 12.6. The monoisotopic (exact) mass is 467 g/mol. The first-order valence-corrected chi connectivity index (χ1v) is 12.1. The number of aromatic nitrogens is 2. The van der Waals surface area contributed by atoms with Crippen molar-refractivity contribution in [2.24, 2.45) is 5.92 Å². The average molecular weight is 468 g/mol. The highest BCUT2D eigenvalue weighted by molar-refractivity contribution is 7.18. The molecular formula is C24H29N5O3S. The second-order valence-corrected chi connectivity index (χ2v) is 9.58. The number of amides is 2. The van der Waals surface area contributed by atoms with Gasteiger partial charge in [0, 0.05) is 42.5 Å². The Bertz CT molecular complexity index is 1150. The molecule has 2 aromatic heterocycles. The zero-order valence-electron chi connectivity index (χ0n) is 18.9. The van der Waals surface area contributed by atoms with E-state index in [1.54, 1.807) is 29.8 Å². The summed E-state index contributed by atoms with van der Waals surface area (Å²) in [7, 11) is 0. The van der Waals surface area contributed by atoms with Crippen LogP contribution in [0.3, 0.4) is 0 Å². The summed E-state index contributed by atoms with van der Waals surface area (Å²) in [6, 6.07) is 6.23. The number of carbonyl (C=O) groups is 2. The van der Waals surface area contributed by atoms with Gasteiger partial charge in [0.2, 0.25) is 5.91 Å². The number of aromatic hydroxyl groups is 1. The van der Waals surface area contributed by atoms with Crippen molar-refractivity contribution in [3.63, 3.8) is 0 Å². The van der Waals surface area contributed by atoms with E-state index in [-0.39, 0.29) is 23.5 Å². The van der Waals surface area contributed by atoms with Crippen molar-refractivity contribution in [2.75, 3.05) is 31.1 Å². The highest BCUT2D eigenvalue weighted by atomic mass is 32.1. The van der Waals surface area contributed by atoms with Gasteiger partial charge < -0.3 is 20.6 Å². The fourth-order valence-corrected chi connectivity index (χ4v) is 5.14. The number of piperidine rings is 1. The summed E-state index contributed by atoms with van der Waals surface area (Å²) in [5.74, 6) is 0.864. The second-order valence-electron chi connectivity index (χ2n) is 8.37. The maximum absolute atomic E-state index is 12.6. The quantitative estimate of drug-likeness (QED) is 0.461. The molecule has 3 aromatic rings. The molecule has 1 fully saturated rings. The van der Waals surface area contributed by atoms with Gasteiger partial charge in [0.15, 0.2) is 0 Å². The van der Waals surface area contributed by atoms with E-state index in [1.165, 1.54) is 22.6 Å². The van der Waals surface area contributed by atoms with Gasteiger partial charge in [-0.15, -0.1) is 11.3 Å². The van der Waals surface area contributed by atoms with Gasteiger partial charge in [0.05, 0.1) is 5.39 Å². The minimum absolute atomic E-state index is 0.00855. The highest BCUT2D eigenvalue weighted by Gasteiger charge is 2.27. The molecule has 1 aliphatic heterocycles. The lowest BCUT2D eigenvalue weighted by Gasteiger charge is -2.32. The molecule has 33 heavy (non-hydrogen) atoms. The predicted molar refractivity (Wildman–Crippen MR) is 130 cm³/mol. The summed E-state index contributed by atoms with van der Waals surface area (Å²) >= 11 is 1.70. The average Bonchev–Trinajstić information content (AvgIpc) is 3.12. The number of nitrogens with zero attached hydrogens (tertiary/aromatic N) is 3. The minimum atomic E-state index is -0.237. The molecule has 1 aromatic carbocycles. The standard InChI is InChI=1S/C24H29N5O3S/c1-15-16(2)33-24-20(15)21(27-14-28-24)29-11-7-17(8-12-29)22(31)25-9-4-10-26-23(32)18-5-3-6-19(30)13-18/h3,5-6,13-14,17,30H,4,7-12H2,1-2H3,(H,25,31)(H,26,32). The van der Waals surface area contributed by atoms with Crippen LogP contribution in [-0.2, 0) is 4.79 Å². The molecule has 8 nitrogen and oxygen atoms in total. The van der Waals surface area contributed by atoms with Gasteiger partial charge in [-0.1, -0.05) is 6.07 Å². The molecule has 174 valence electrons. The number of benzene rings is 1. The molecule has 0 bridgehead atoms. The van der Waals surface area contributed by atoms with Gasteiger partial charge in [0.25, 0.3) is 5.91 Å². The van der Waals surface area contributed by atoms with Crippen LogP contribution in [0, 0.1) is 19.8 Å². The molecule has 0 aliphatic carbocycles. The van der Waals surface area contributed by atoms with E-state index >= 15 is 0 Å². The Kier molecular flexibility index (Phi) is 7.08. The molecule has 0 unspecified atom stereocenters. The van der Waals surface area contributed by atoms with E-state index < -0.39 is 0 Å². The van der Waals surface area contributed by atoms with Crippen molar-refractivity contribution < 1.29 is 14.7 Å². The van der Waals surface area contributed by atoms with E-state index in [1.807, 2.05) is 0 Å². The highest BCUT2D eigenvalue weighted by Crippen LogP contribution is 2.35. The van der Waals surface area contributed by atoms with Crippen molar-refractivity contribution in [2.45, 2.75) is 33.1 Å². The molecule has 1 saturated heterocycles. The van der Waals surface area contributed by atoms with Gasteiger partial charge in [-0.2, -0.15) is 0 Å². The van der Waals surface area contributed by atoms with Crippen molar-refractivity contribution >= 4 is 39.2 Å². The van der Waals surface area contributed by atoms with Crippen molar-refractivity contribution in [3.05, 3.63) is 46.6 Å². The molecule has 0 spiro atoms. The zero-order valence-corrected chi connectivity index (χ0v) is 19.7. The van der Waals surface area contributed by atoms with Crippen LogP contribution in [0.1, 0.15) is 40.1 Å². The summed E-state index contributed by atoms with van der Waals surface area (Å²) < 4.78 is 0. The molecule has 9 heteroatoms. The lowest BCUT2D eigenvalue weighted by molar-refractivity contribution is -0.125. The van der Waals surface area contributed by atoms with Gasteiger partial charge in [0.1, 0.15) is 22.7 Å². The number of thiophene rings is 1. The van der Waals surface area contributed by atoms with Gasteiger partial charge in [-0.3, -0.25) is 9.59 Å². The number of aryl methyl sites for hydroxylation is 2. The van der Waals surface area contributed by atoms with Gasteiger partial charge >= 0.3 is 0 Å². The molecule has 4 rings (SSSR count). The molecule has 0 radical (unpaired) electrons. The first kappa shape index (κ1) is 23.0. The second kappa shape index (κ2) is 10.2. The Morgan fingerprint density at radius 1 is 1.15 bits per heavy atom. The van der Waals surface area contributed by atoms with Crippen LogP contribution in [0.5, 0.6) is 5.75 Å². The lowest BCUT2D eigenvalue weighted by atomic mass is 9.95. The first-order chi connectivity index (χ1) is 15.9. The summed E-state index contributed by atoms with van der Waals surface area (Å²) in [6.07, 6.45) is 3.84. The summed E-state index contributed by atoms with van der Waals surface area (Å²) in [5, 5.41) is 16.4. The zero-order chi connectivity index (χ0) is 23.4. The summed E-state index contributed by atoms with van der Waals surface area (Å²) in [5.41, 5.74) is 1.65. The predicted octanol–water partition coefficient (Wildman–Crippen LogP) is 3.17. The van der Waals surface area contributed by atoms with Crippen molar-refractivity contribution in [1.82, 2.24) is 20.6 Å². The van der Waals surface area contributed by atoms with E-state index in [0.717, 1.165) is 42.0 Å². The minimum Gasteiger partial charge on any atom is -0.508 e. The van der Waals surface area contributed by atoms with Crippen LogP contribution in [0.4, 0.5) is 5.82 Å². The number of carbonyl (C=O) groups excluding carboxylic acids is 2. The van der Waals surface area contributed by atoms with Crippen LogP contribution in [0.2, 0.25) is 0 Å². The number of fused-ring (bicyclic) bond motifs is 1. The van der Waals surface area contributed by atoms with Crippen LogP contribution >= 0.6 is 11.3 Å². The van der Waals surface area contributed by atoms with Crippen LogP contribution in [0.15, 0.2) is 30.6 Å². The van der Waals surface area contributed by atoms with E-state index in [4.69, 9.17) is 0 Å². The smallest absolute Gasteiger partial charge is 0.251 e. The number of hydrogen-bond donors (Lipinski definition) is 3. The number of hydrogen-bond acceptors (Lipinski definition) is 7.